The molecule has 2 aromatic rings. The first-order valence-corrected chi connectivity index (χ1v) is 8.58. The van der Waals surface area contributed by atoms with Crippen molar-refractivity contribution in [1.29, 1.82) is 0 Å². The number of aryl methyl sites for hydroxylation is 1. The molecule has 0 fully saturated rings. The number of nitrogens with zero attached hydrogens (tertiary/aromatic N) is 4. The van der Waals surface area contributed by atoms with Gasteiger partial charge < -0.3 is 4.57 Å². The van der Waals surface area contributed by atoms with Crippen LogP contribution < -0.4 is 4.72 Å². The molecule has 1 heterocycles. The second-order valence-corrected chi connectivity index (χ2v) is 6.87. The fourth-order valence-corrected chi connectivity index (χ4v) is 2.89. The third kappa shape index (κ3) is 4.36. The van der Waals surface area contributed by atoms with Crippen molar-refractivity contribution in [2.45, 2.75) is 33.0 Å². The number of hydrogen-bond donors (Lipinski definition) is 1. The van der Waals surface area contributed by atoms with Gasteiger partial charge in [-0.05, 0) is 12.0 Å². The second-order valence-electron chi connectivity index (χ2n) is 5.01. The molecule has 22 heavy (non-hydrogen) atoms. The molecule has 0 bridgehead atoms. The second kappa shape index (κ2) is 7.48. The number of benzene rings is 1. The molecule has 1 aromatic carbocycles. The lowest BCUT2D eigenvalue weighted by molar-refractivity contribution is 0.452. The molecule has 7 nitrogen and oxygen atoms in total. The summed E-state index contributed by atoms with van der Waals surface area (Å²) in [6, 6.07) is 9.46. The highest BCUT2D eigenvalue weighted by atomic mass is 32.2. The first-order valence-electron chi connectivity index (χ1n) is 7.14. The molecular formula is C14H21N5O2S. The van der Waals surface area contributed by atoms with E-state index in [1.807, 2.05) is 41.8 Å². The van der Waals surface area contributed by atoms with Crippen molar-refractivity contribution < 1.29 is 8.42 Å². The van der Waals surface area contributed by atoms with Crippen LogP contribution in [0.15, 0.2) is 36.7 Å². The summed E-state index contributed by atoms with van der Waals surface area (Å²) in [5, 5.41) is 7.77. The van der Waals surface area contributed by atoms with Crippen molar-refractivity contribution >= 4 is 10.2 Å². The first kappa shape index (κ1) is 16.6. The Kier molecular flexibility index (Phi) is 5.64. The molecule has 0 saturated carbocycles. The average Bonchev–Trinajstić information content (AvgIpc) is 2.94. The van der Waals surface area contributed by atoms with Crippen molar-refractivity contribution in [2.24, 2.45) is 0 Å². The van der Waals surface area contributed by atoms with Crippen LogP contribution in [-0.4, -0.2) is 34.5 Å². The Bertz CT molecular complexity index is 684. The van der Waals surface area contributed by atoms with Gasteiger partial charge in [-0.15, -0.1) is 10.2 Å². The Balaban J connectivity index is 1.97. The minimum Gasteiger partial charge on any atom is -0.316 e. The lowest BCUT2D eigenvalue weighted by Gasteiger charge is -2.17. The molecule has 1 N–H and O–H groups in total. The zero-order valence-electron chi connectivity index (χ0n) is 12.8. The highest BCUT2D eigenvalue weighted by molar-refractivity contribution is 7.87. The standard InChI is InChI=1S/C14H21N5O2S/c1-3-9-19-12-15-17-14(19)10-16-22(20,21)18(2)11-13-7-5-4-6-8-13/h4-8,12,16H,3,9-11H2,1-2H3. The number of rotatable bonds is 8. The minimum absolute atomic E-state index is 0.126. The van der Waals surface area contributed by atoms with Crippen LogP contribution in [0, 0.1) is 0 Å². The van der Waals surface area contributed by atoms with E-state index < -0.39 is 10.2 Å². The van der Waals surface area contributed by atoms with E-state index in [2.05, 4.69) is 14.9 Å². The van der Waals surface area contributed by atoms with Gasteiger partial charge in [0.1, 0.15) is 12.2 Å². The normalized spacial score (nSPS) is 12.0. The molecule has 120 valence electrons. The van der Waals surface area contributed by atoms with Gasteiger partial charge in [0.05, 0.1) is 6.54 Å². The van der Waals surface area contributed by atoms with E-state index >= 15 is 0 Å². The SMILES string of the molecule is CCCn1cnnc1CNS(=O)(=O)N(C)Cc1ccccc1. The maximum absolute atomic E-state index is 12.3. The van der Waals surface area contributed by atoms with Crippen molar-refractivity contribution in [3.63, 3.8) is 0 Å². The summed E-state index contributed by atoms with van der Waals surface area (Å²) in [4.78, 5) is 0. The number of nitrogens with one attached hydrogen (secondary N) is 1. The first-order chi connectivity index (χ1) is 10.5. The van der Waals surface area contributed by atoms with Crippen LogP contribution >= 0.6 is 0 Å². The Hall–Kier alpha value is -1.77. The van der Waals surface area contributed by atoms with Crippen LogP contribution in [0.2, 0.25) is 0 Å². The molecule has 0 radical (unpaired) electrons. The lowest BCUT2D eigenvalue weighted by atomic mass is 10.2. The van der Waals surface area contributed by atoms with Crippen LogP contribution in [-0.2, 0) is 29.8 Å². The summed E-state index contributed by atoms with van der Waals surface area (Å²) in [5.41, 5.74) is 0.935. The van der Waals surface area contributed by atoms with E-state index in [0.29, 0.717) is 12.4 Å². The lowest BCUT2D eigenvalue weighted by Crippen LogP contribution is -2.37. The van der Waals surface area contributed by atoms with Crippen molar-refractivity contribution in [3.05, 3.63) is 48.0 Å². The third-order valence-corrected chi connectivity index (χ3v) is 4.69. The molecule has 0 aliphatic carbocycles. The summed E-state index contributed by atoms with van der Waals surface area (Å²) in [6.07, 6.45) is 2.55. The summed E-state index contributed by atoms with van der Waals surface area (Å²) < 4.78 is 30.2. The van der Waals surface area contributed by atoms with E-state index in [1.54, 1.807) is 13.4 Å². The topological polar surface area (TPSA) is 80.1 Å². The summed E-state index contributed by atoms with van der Waals surface area (Å²) in [7, 11) is -2.02. The summed E-state index contributed by atoms with van der Waals surface area (Å²) in [6.45, 7) is 3.25. The smallest absolute Gasteiger partial charge is 0.279 e. The van der Waals surface area contributed by atoms with Gasteiger partial charge in [-0.2, -0.15) is 17.4 Å². The average molecular weight is 323 g/mol. The van der Waals surface area contributed by atoms with Crippen LogP contribution in [0.1, 0.15) is 24.7 Å². The Morgan fingerprint density at radius 3 is 2.68 bits per heavy atom. The van der Waals surface area contributed by atoms with E-state index in [0.717, 1.165) is 18.5 Å². The number of hydrogen-bond acceptors (Lipinski definition) is 4. The van der Waals surface area contributed by atoms with E-state index in [9.17, 15) is 8.42 Å². The third-order valence-electron chi connectivity index (χ3n) is 3.23. The molecular weight excluding hydrogens is 302 g/mol. The quantitative estimate of drug-likeness (QED) is 0.790. The highest BCUT2D eigenvalue weighted by Gasteiger charge is 2.18. The largest absolute Gasteiger partial charge is 0.316 e. The van der Waals surface area contributed by atoms with Crippen molar-refractivity contribution in [2.75, 3.05) is 7.05 Å². The van der Waals surface area contributed by atoms with Crippen LogP contribution in [0.25, 0.3) is 0 Å². The van der Waals surface area contributed by atoms with E-state index in [1.165, 1.54) is 4.31 Å². The van der Waals surface area contributed by atoms with Gasteiger partial charge in [-0.25, -0.2) is 0 Å². The zero-order chi connectivity index (χ0) is 16.0. The molecule has 0 spiro atoms. The van der Waals surface area contributed by atoms with Crippen LogP contribution in [0.3, 0.4) is 0 Å². The molecule has 0 aliphatic heterocycles. The molecule has 2 rings (SSSR count). The van der Waals surface area contributed by atoms with Gasteiger partial charge >= 0.3 is 0 Å². The Labute approximate surface area is 131 Å². The van der Waals surface area contributed by atoms with E-state index in [-0.39, 0.29) is 6.54 Å². The fourth-order valence-electron chi connectivity index (χ4n) is 2.03. The van der Waals surface area contributed by atoms with E-state index in [4.69, 9.17) is 0 Å². The van der Waals surface area contributed by atoms with Gasteiger partial charge in [-0.3, -0.25) is 0 Å². The Morgan fingerprint density at radius 2 is 2.00 bits per heavy atom. The van der Waals surface area contributed by atoms with Gasteiger partial charge in [0, 0.05) is 20.1 Å². The van der Waals surface area contributed by atoms with Gasteiger partial charge in [0.25, 0.3) is 10.2 Å². The fraction of sp³-hybridized carbons (Fsp3) is 0.429. The Morgan fingerprint density at radius 1 is 1.27 bits per heavy atom. The van der Waals surface area contributed by atoms with Gasteiger partial charge in [-0.1, -0.05) is 37.3 Å². The van der Waals surface area contributed by atoms with Gasteiger partial charge in [0.2, 0.25) is 0 Å². The van der Waals surface area contributed by atoms with Crippen molar-refractivity contribution in [3.8, 4) is 0 Å². The van der Waals surface area contributed by atoms with Crippen LogP contribution in [0.4, 0.5) is 0 Å². The number of aromatic nitrogens is 3. The summed E-state index contributed by atoms with van der Waals surface area (Å²) in [5.74, 6) is 0.610. The predicted octanol–water partition coefficient (Wildman–Crippen LogP) is 1.15. The monoisotopic (exact) mass is 323 g/mol. The van der Waals surface area contributed by atoms with Crippen molar-refractivity contribution in [1.82, 2.24) is 23.8 Å². The zero-order valence-corrected chi connectivity index (χ0v) is 13.6. The highest BCUT2D eigenvalue weighted by Crippen LogP contribution is 2.06. The molecule has 0 aliphatic rings. The molecule has 0 saturated heterocycles. The molecule has 0 atom stereocenters. The maximum atomic E-state index is 12.3. The molecule has 1 aromatic heterocycles. The molecule has 0 amide bonds. The predicted molar refractivity (Wildman–Crippen MR) is 84.0 cm³/mol. The molecule has 0 unspecified atom stereocenters. The minimum atomic E-state index is -3.56. The maximum Gasteiger partial charge on any atom is 0.279 e. The van der Waals surface area contributed by atoms with Gasteiger partial charge in [0.15, 0.2) is 0 Å². The molecule has 8 heteroatoms. The van der Waals surface area contributed by atoms with Crippen LogP contribution in [0.5, 0.6) is 0 Å². The summed E-state index contributed by atoms with van der Waals surface area (Å²) >= 11 is 0.